The average molecular weight is 457 g/mol. The Morgan fingerprint density at radius 1 is 1.07 bits per heavy atom. The Kier molecular flexibility index (Phi) is 8.58. The first kappa shape index (κ1) is 24.1. The third-order valence-electron chi connectivity index (χ3n) is 5.20. The summed E-state index contributed by atoms with van der Waals surface area (Å²) in [6.45, 7) is 2.07. The van der Waals surface area contributed by atoms with Gasteiger partial charge in [0.25, 0.3) is 0 Å². The van der Waals surface area contributed by atoms with Crippen LogP contribution in [0.5, 0.6) is 0 Å². The molecule has 0 unspecified atom stereocenters. The molecule has 1 aliphatic heterocycles. The Balaban J connectivity index is 0.00000160. The van der Waals surface area contributed by atoms with Crippen LogP contribution in [0.1, 0.15) is 25.7 Å². The maximum atomic E-state index is 13.4. The molecule has 0 saturated carbocycles. The van der Waals surface area contributed by atoms with Crippen LogP contribution in [0.3, 0.4) is 0 Å². The number of hydrogen-bond donors (Lipinski definition) is 3. The predicted octanol–water partition coefficient (Wildman–Crippen LogP) is 5.07. The van der Waals surface area contributed by atoms with E-state index in [0.29, 0.717) is 34.9 Å². The second kappa shape index (κ2) is 10.7. The summed E-state index contributed by atoms with van der Waals surface area (Å²) < 4.78 is 26.7. The number of benzene rings is 2. The number of carbonyl (C=O) groups excluding carboxylic acids is 1. The van der Waals surface area contributed by atoms with Crippen molar-refractivity contribution in [1.82, 2.24) is 15.3 Å². The van der Waals surface area contributed by atoms with Crippen LogP contribution in [-0.2, 0) is 4.79 Å². The molecule has 1 aliphatic rings. The molecule has 4 rings (SSSR count). The number of rotatable bonds is 5. The van der Waals surface area contributed by atoms with Gasteiger partial charge in [0, 0.05) is 29.8 Å². The van der Waals surface area contributed by atoms with Gasteiger partial charge < -0.3 is 15.6 Å². The summed E-state index contributed by atoms with van der Waals surface area (Å²) in [5.74, 6) is -0.680. The molecule has 0 spiro atoms. The van der Waals surface area contributed by atoms with Crippen molar-refractivity contribution in [2.45, 2.75) is 25.7 Å². The lowest BCUT2D eigenvalue weighted by atomic mass is 9.93. The minimum atomic E-state index is -0.923. The number of imidazole rings is 1. The van der Waals surface area contributed by atoms with Crippen molar-refractivity contribution < 1.29 is 13.6 Å². The summed E-state index contributed by atoms with van der Waals surface area (Å²) in [4.78, 5) is 19.5. The number of nitrogens with one attached hydrogen (secondary N) is 3. The van der Waals surface area contributed by atoms with Gasteiger partial charge in [-0.1, -0.05) is 0 Å². The number of anilines is 1. The smallest absolute Gasteiger partial charge is 0.224 e. The van der Waals surface area contributed by atoms with Gasteiger partial charge in [0.2, 0.25) is 5.91 Å². The Morgan fingerprint density at radius 3 is 2.43 bits per heavy atom. The highest BCUT2D eigenvalue weighted by atomic mass is 35.5. The zero-order valence-electron chi connectivity index (χ0n) is 16.2. The average Bonchev–Trinajstić information content (AvgIpc) is 3.11. The van der Waals surface area contributed by atoms with Crippen LogP contribution in [0, 0.1) is 17.6 Å². The van der Waals surface area contributed by atoms with Crippen LogP contribution in [0.15, 0.2) is 36.4 Å². The van der Waals surface area contributed by atoms with Gasteiger partial charge in [0.15, 0.2) is 11.6 Å². The van der Waals surface area contributed by atoms with E-state index in [2.05, 4.69) is 20.6 Å². The number of piperidine rings is 1. The van der Waals surface area contributed by atoms with Crippen molar-refractivity contribution >= 4 is 47.4 Å². The molecule has 0 aliphatic carbocycles. The molecule has 9 heteroatoms. The van der Waals surface area contributed by atoms with Gasteiger partial charge in [-0.25, -0.2) is 13.8 Å². The number of halogens is 4. The molecule has 5 nitrogen and oxygen atoms in total. The van der Waals surface area contributed by atoms with E-state index in [-0.39, 0.29) is 30.7 Å². The minimum absolute atomic E-state index is 0. The van der Waals surface area contributed by atoms with E-state index in [4.69, 9.17) is 0 Å². The normalized spacial score (nSPS) is 14.1. The second-order valence-electron chi connectivity index (χ2n) is 7.23. The number of H-pyrrole nitrogens is 1. The van der Waals surface area contributed by atoms with Crippen LogP contribution < -0.4 is 10.6 Å². The van der Waals surface area contributed by atoms with Gasteiger partial charge in [-0.2, -0.15) is 0 Å². The molecular weight excluding hydrogens is 433 g/mol. The molecular formula is C21H24Cl2F2N4O. The topological polar surface area (TPSA) is 69.8 Å². The Bertz CT molecular complexity index is 950. The molecule has 3 N–H and O–H groups in total. The summed E-state index contributed by atoms with van der Waals surface area (Å²) in [6.07, 6.45) is 3.70. The summed E-state index contributed by atoms with van der Waals surface area (Å²) in [5, 5.41) is 6.25. The first-order chi connectivity index (χ1) is 13.6. The lowest BCUT2D eigenvalue weighted by Gasteiger charge is -2.22. The lowest BCUT2D eigenvalue weighted by Crippen LogP contribution is -2.28. The van der Waals surface area contributed by atoms with Crippen molar-refractivity contribution in [3.05, 3.63) is 48.0 Å². The van der Waals surface area contributed by atoms with Crippen molar-refractivity contribution in [2.75, 3.05) is 18.4 Å². The summed E-state index contributed by atoms with van der Waals surface area (Å²) >= 11 is 0. The standard InChI is InChI=1S/C21H22F2N4O.2ClH/c22-16-11-18-19(12-17(16)23)27-21(26-18)14-2-4-15(5-3-14)25-20(28)6-1-13-7-9-24-10-8-13;;/h2-5,11-13,24H,1,6-10H2,(H,25,28)(H,26,27);2*1H. The van der Waals surface area contributed by atoms with E-state index >= 15 is 0 Å². The third kappa shape index (κ3) is 5.68. The molecule has 3 aromatic rings. The third-order valence-corrected chi connectivity index (χ3v) is 5.20. The molecule has 30 heavy (non-hydrogen) atoms. The van der Waals surface area contributed by atoms with Gasteiger partial charge in [0.1, 0.15) is 5.82 Å². The summed E-state index contributed by atoms with van der Waals surface area (Å²) in [5.41, 5.74) is 2.28. The second-order valence-corrected chi connectivity index (χ2v) is 7.23. The fourth-order valence-corrected chi connectivity index (χ4v) is 3.58. The molecule has 1 amide bonds. The van der Waals surface area contributed by atoms with E-state index < -0.39 is 11.6 Å². The summed E-state index contributed by atoms with van der Waals surface area (Å²) in [6, 6.07) is 9.39. The van der Waals surface area contributed by atoms with Crippen molar-refractivity contribution in [2.24, 2.45) is 5.92 Å². The largest absolute Gasteiger partial charge is 0.338 e. The first-order valence-electron chi connectivity index (χ1n) is 9.54. The molecule has 162 valence electrons. The SMILES string of the molecule is Cl.Cl.O=C(CCC1CCNCC1)Nc1ccc(-c2nc3cc(F)c(F)cc3[nH]2)cc1. The van der Waals surface area contributed by atoms with Crippen LogP contribution in [0.4, 0.5) is 14.5 Å². The fraction of sp³-hybridized carbons (Fsp3) is 0.333. The number of hydrogen-bond acceptors (Lipinski definition) is 3. The quantitative estimate of drug-likeness (QED) is 0.501. The Morgan fingerprint density at radius 2 is 1.73 bits per heavy atom. The van der Waals surface area contributed by atoms with Gasteiger partial charge in [-0.15, -0.1) is 24.8 Å². The van der Waals surface area contributed by atoms with Crippen molar-refractivity contribution in [3.8, 4) is 11.4 Å². The molecule has 0 atom stereocenters. The predicted molar refractivity (Wildman–Crippen MR) is 119 cm³/mol. The van der Waals surface area contributed by atoms with Crippen molar-refractivity contribution in [1.29, 1.82) is 0 Å². The van der Waals surface area contributed by atoms with Gasteiger partial charge in [0.05, 0.1) is 11.0 Å². The highest BCUT2D eigenvalue weighted by Gasteiger charge is 2.15. The maximum Gasteiger partial charge on any atom is 0.224 e. The molecule has 0 radical (unpaired) electrons. The van der Waals surface area contributed by atoms with Crippen LogP contribution in [0.2, 0.25) is 0 Å². The number of aromatic amines is 1. The molecule has 2 heterocycles. The van der Waals surface area contributed by atoms with E-state index in [1.807, 2.05) is 12.1 Å². The molecule has 1 aromatic heterocycles. The monoisotopic (exact) mass is 456 g/mol. The zero-order chi connectivity index (χ0) is 19.5. The minimum Gasteiger partial charge on any atom is -0.338 e. The molecule has 1 fully saturated rings. The number of amides is 1. The van der Waals surface area contributed by atoms with Gasteiger partial charge >= 0.3 is 0 Å². The number of fused-ring (bicyclic) bond motifs is 1. The van der Waals surface area contributed by atoms with E-state index in [1.54, 1.807) is 12.1 Å². The highest BCUT2D eigenvalue weighted by molar-refractivity contribution is 5.91. The van der Waals surface area contributed by atoms with E-state index in [0.717, 1.165) is 50.0 Å². The zero-order valence-corrected chi connectivity index (χ0v) is 17.8. The first-order valence-corrected chi connectivity index (χ1v) is 9.54. The van der Waals surface area contributed by atoms with Crippen molar-refractivity contribution in [3.63, 3.8) is 0 Å². The van der Waals surface area contributed by atoms with E-state index in [1.165, 1.54) is 0 Å². The number of carbonyl (C=O) groups is 1. The number of nitrogens with zero attached hydrogens (tertiary/aromatic N) is 1. The molecule has 0 bridgehead atoms. The maximum absolute atomic E-state index is 13.4. The van der Waals surface area contributed by atoms with Gasteiger partial charge in [-0.3, -0.25) is 4.79 Å². The Hall–Kier alpha value is -2.22. The van der Waals surface area contributed by atoms with Crippen LogP contribution in [-0.4, -0.2) is 29.0 Å². The van der Waals surface area contributed by atoms with Crippen LogP contribution >= 0.6 is 24.8 Å². The van der Waals surface area contributed by atoms with Gasteiger partial charge in [-0.05, 0) is 62.5 Å². The fourth-order valence-electron chi connectivity index (χ4n) is 3.58. The lowest BCUT2D eigenvalue weighted by molar-refractivity contribution is -0.116. The van der Waals surface area contributed by atoms with Crippen LogP contribution in [0.25, 0.3) is 22.4 Å². The van der Waals surface area contributed by atoms with E-state index in [9.17, 15) is 13.6 Å². The Labute approximate surface area is 185 Å². The molecule has 1 saturated heterocycles. The highest BCUT2D eigenvalue weighted by Crippen LogP contribution is 2.24. The summed E-state index contributed by atoms with van der Waals surface area (Å²) in [7, 11) is 0. The number of aromatic nitrogens is 2. The molecule has 2 aromatic carbocycles.